The average molecular weight is 157 g/mol. The molecule has 0 aromatic rings. The summed E-state index contributed by atoms with van der Waals surface area (Å²) in [4.78, 5) is 0. The molecule has 0 rings (SSSR count). The summed E-state index contributed by atoms with van der Waals surface area (Å²) in [5, 5.41) is 3.31. The third-order valence-corrected chi connectivity index (χ3v) is 3.04. The molecule has 0 bridgehead atoms. The molecule has 68 valence electrons. The van der Waals surface area contributed by atoms with Gasteiger partial charge in [0.25, 0.3) is 0 Å². The average Bonchev–Trinajstić information content (AvgIpc) is 2.05. The smallest absolute Gasteiger partial charge is 0.00640 e. The van der Waals surface area contributed by atoms with Crippen LogP contribution in [0.5, 0.6) is 0 Å². The van der Waals surface area contributed by atoms with Crippen LogP contribution in [-0.2, 0) is 0 Å². The van der Waals surface area contributed by atoms with Crippen molar-refractivity contribution in [1.29, 1.82) is 0 Å². The molecule has 0 aliphatic heterocycles. The van der Waals surface area contributed by atoms with Crippen molar-refractivity contribution in [3.05, 3.63) is 0 Å². The van der Waals surface area contributed by atoms with Crippen LogP contribution in [0.2, 0.25) is 0 Å². The molecule has 0 aromatic carbocycles. The van der Waals surface area contributed by atoms with Gasteiger partial charge in [0.2, 0.25) is 0 Å². The van der Waals surface area contributed by atoms with Gasteiger partial charge in [-0.1, -0.05) is 33.6 Å². The zero-order valence-corrected chi connectivity index (χ0v) is 8.65. The van der Waals surface area contributed by atoms with Crippen LogP contribution in [0.3, 0.4) is 0 Å². The van der Waals surface area contributed by atoms with E-state index in [1.165, 1.54) is 12.8 Å². The Morgan fingerprint density at radius 3 is 1.82 bits per heavy atom. The first kappa shape index (κ1) is 11.0. The summed E-state index contributed by atoms with van der Waals surface area (Å²) in [6, 6.07) is 0.653. The second-order valence-electron chi connectivity index (χ2n) is 3.51. The Balaban J connectivity index is 3.86. The molecule has 2 atom stereocenters. The van der Waals surface area contributed by atoms with Gasteiger partial charge in [0, 0.05) is 6.04 Å². The van der Waals surface area contributed by atoms with Crippen LogP contribution in [0, 0.1) is 11.8 Å². The molecule has 0 aliphatic rings. The SMILES string of the molecule is CCC(CC)C(C)C(C)NC. The van der Waals surface area contributed by atoms with E-state index in [1.54, 1.807) is 0 Å². The Bertz CT molecular complexity index is 86.9. The molecule has 0 saturated carbocycles. The molecular weight excluding hydrogens is 134 g/mol. The van der Waals surface area contributed by atoms with Crippen LogP contribution in [0.15, 0.2) is 0 Å². The Hall–Kier alpha value is -0.0400. The highest BCUT2D eigenvalue weighted by atomic mass is 14.9. The maximum absolute atomic E-state index is 3.31. The number of hydrogen-bond donors (Lipinski definition) is 1. The highest BCUT2D eigenvalue weighted by Crippen LogP contribution is 2.21. The lowest BCUT2D eigenvalue weighted by Crippen LogP contribution is -2.33. The Morgan fingerprint density at radius 2 is 1.55 bits per heavy atom. The van der Waals surface area contributed by atoms with Gasteiger partial charge in [0.1, 0.15) is 0 Å². The fourth-order valence-electron chi connectivity index (χ4n) is 1.70. The van der Waals surface area contributed by atoms with Gasteiger partial charge in [0.05, 0.1) is 0 Å². The molecule has 1 N–H and O–H groups in total. The molecule has 0 saturated heterocycles. The van der Waals surface area contributed by atoms with E-state index in [2.05, 4.69) is 33.0 Å². The van der Waals surface area contributed by atoms with Crippen LogP contribution < -0.4 is 5.32 Å². The van der Waals surface area contributed by atoms with E-state index in [0.29, 0.717) is 6.04 Å². The van der Waals surface area contributed by atoms with Crippen LogP contribution >= 0.6 is 0 Å². The topological polar surface area (TPSA) is 12.0 Å². The van der Waals surface area contributed by atoms with Crippen LogP contribution in [-0.4, -0.2) is 13.1 Å². The lowest BCUT2D eigenvalue weighted by atomic mass is 9.85. The summed E-state index contributed by atoms with van der Waals surface area (Å²) in [5.41, 5.74) is 0. The number of hydrogen-bond acceptors (Lipinski definition) is 1. The zero-order chi connectivity index (χ0) is 8.85. The molecule has 0 aromatic heterocycles. The van der Waals surface area contributed by atoms with E-state index in [9.17, 15) is 0 Å². The Morgan fingerprint density at radius 1 is 1.09 bits per heavy atom. The van der Waals surface area contributed by atoms with Gasteiger partial charge in [-0.25, -0.2) is 0 Å². The second kappa shape index (κ2) is 5.59. The maximum Gasteiger partial charge on any atom is 0.00640 e. The highest BCUT2D eigenvalue weighted by molar-refractivity contribution is 4.72. The first-order chi connectivity index (χ1) is 5.17. The van der Waals surface area contributed by atoms with E-state index in [-0.39, 0.29) is 0 Å². The van der Waals surface area contributed by atoms with Crippen molar-refractivity contribution in [3.8, 4) is 0 Å². The minimum absolute atomic E-state index is 0.653. The monoisotopic (exact) mass is 157 g/mol. The van der Waals surface area contributed by atoms with Crippen molar-refractivity contribution in [2.45, 2.75) is 46.6 Å². The van der Waals surface area contributed by atoms with Gasteiger partial charge < -0.3 is 5.32 Å². The molecule has 1 heteroatoms. The summed E-state index contributed by atoms with van der Waals surface area (Å²) in [5.74, 6) is 1.69. The standard InChI is InChI=1S/C10H23N/c1-6-10(7-2)8(3)9(4)11-5/h8-11H,6-7H2,1-5H3. The Kier molecular flexibility index (Phi) is 5.57. The molecule has 0 amide bonds. The van der Waals surface area contributed by atoms with E-state index in [0.717, 1.165) is 11.8 Å². The first-order valence-electron chi connectivity index (χ1n) is 4.84. The lowest BCUT2D eigenvalue weighted by Gasteiger charge is -2.26. The molecule has 0 spiro atoms. The number of rotatable bonds is 5. The number of nitrogens with one attached hydrogen (secondary N) is 1. The van der Waals surface area contributed by atoms with Crippen molar-refractivity contribution in [2.75, 3.05) is 7.05 Å². The third kappa shape index (κ3) is 3.24. The molecular formula is C10H23N. The highest BCUT2D eigenvalue weighted by Gasteiger charge is 2.17. The second-order valence-corrected chi connectivity index (χ2v) is 3.51. The van der Waals surface area contributed by atoms with Gasteiger partial charge in [-0.05, 0) is 25.8 Å². The molecule has 0 radical (unpaired) electrons. The van der Waals surface area contributed by atoms with Crippen LogP contribution in [0.4, 0.5) is 0 Å². The molecule has 0 fully saturated rings. The predicted molar refractivity (Wildman–Crippen MR) is 51.8 cm³/mol. The largest absolute Gasteiger partial charge is 0.317 e. The molecule has 1 nitrogen and oxygen atoms in total. The molecule has 2 unspecified atom stereocenters. The van der Waals surface area contributed by atoms with Crippen molar-refractivity contribution in [2.24, 2.45) is 11.8 Å². The van der Waals surface area contributed by atoms with Gasteiger partial charge in [-0.15, -0.1) is 0 Å². The van der Waals surface area contributed by atoms with Crippen molar-refractivity contribution >= 4 is 0 Å². The first-order valence-corrected chi connectivity index (χ1v) is 4.84. The van der Waals surface area contributed by atoms with Gasteiger partial charge in [-0.3, -0.25) is 0 Å². The fraction of sp³-hybridized carbons (Fsp3) is 1.00. The van der Waals surface area contributed by atoms with E-state index < -0.39 is 0 Å². The van der Waals surface area contributed by atoms with Crippen molar-refractivity contribution < 1.29 is 0 Å². The van der Waals surface area contributed by atoms with E-state index in [1.807, 2.05) is 7.05 Å². The summed E-state index contributed by atoms with van der Waals surface area (Å²) < 4.78 is 0. The summed E-state index contributed by atoms with van der Waals surface area (Å²) in [6.45, 7) is 9.18. The normalized spacial score (nSPS) is 16.9. The third-order valence-electron chi connectivity index (χ3n) is 3.04. The van der Waals surface area contributed by atoms with E-state index >= 15 is 0 Å². The maximum atomic E-state index is 3.31. The van der Waals surface area contributed by atoms with Gasteiger partial charge >= 0.3 is 0 Å². The predicted octanol–water partition coefficient (Wildman–Crippen LogP) is 2.67. The summed E-state index contributed by atoms with van der Waals surface area (Å²) in [7, 11) is 2.05. The molecule has 0 aliphatic carbocycles. The van der Waals surface area contributed by atoms with Gasteiger partial charge in [-0.2, -0.15) is 0 Å². The lowest BCUT2D eigenvalue weighted by molar-refractivity contribution is 0.275. The van der Waals surface area contributed by atoms with Crippen LogP contribution in [0.25, 0.3) is 0 Å². The van der Waals surface area contributed by atoms with Crippen molar-refractivity contribution in [1.82, 2.24) is 5.32 Å². The summed E-state index contributed by atoms with van der Waals surface area (Å²) in [6.07, 6.45) is 2.62. The minimum Gasteiger partial charge on any atom is -0.317 e. The van der Waals surface area contributed by atoms with Gasteiger partial charge in [0.15, 0.2) is 0 Å². The fourth-order valence-corrected chi connectivity index (χ4v) is 1.70. The quantitative estimate of drug-likeness (QED) is 0.647. The van der Waals surface area contributed by atoms with E-state index in [4.69, 9.17) is 0 Å². The zero-order valence-electron chi connectivity index (χ0n) is 8.65. The minimum atomic E-state index is 0.653. The Labute approximate surface area is 71.6 Å². The molecule has 0 heterocycles. The van der Waals surface area contributed by atoms with Crippen molar-refractivity contribution in [3.63, 3.8) is 0 Å². The molecule has 11 heavy (non-hydrogen) atoms. The van der Waals surface area contributed by atoms with Crippen LogP contribution in [0.1, 0.15) is 40.5 Å². The summed E-state index contributed by atoms with van der Waals surface area (Å²) >= 11 is 0.